The molecule has 29 heavy (non-hydrogen) atoms. The number of aromatic amines is 1. The Bertz CT molecular complexity index is 1250. The van der Waals surface area contributed by atoms with Crippen molar-refractivity contribution >= 4 is 26.6 Å². The summed E-state index contributed by atoms with van der Waals surface area (Å²) < 4.78 is 37.7. The van der Waals surface area contributed by atoms with Crippen LogP contribution in [0, 0.1) is 5.82 Å². The lowest BCUT2D eigenvalue weighted by molar-refractivity contribution is -0.131. The first-order valence-electron chi connectivity index (χ1n) is 8.54. The third kappa shape index (κ3) is 3.78. The average molecular weight is 422 g/mol. The molecule has 0 aliphatic carbocycles. The van der Waals surface area contributed by atoms with Gasteiger partial charge in [-0.3, -0.25) is 19.9 Å². The number of nitrogens with one attached hydrogen (secondary N) is 2. The molecule has 1 amide bonds. The van der Waals surface area contributed by atoms with E-state index in [0.717, 1.165) is 35.4 Å². The Balaban J connectivity index is 1.93. The highest BCUT2D eigenvalue weighted by molar-refractivity contribution is 7.92. The van der Waals surface area contributed by atoms with Crippen LogP contribution < -0.4 is 11.0 Å². The largest absolute Gasteiger partial charge is 0.312 e. The third-order valence-electron chi connectivity index (χ3n) is 5.06. The van der Waals surface area contributed by atoms with Gasteiger partial charge in [-0.15, -0.1) is 0 Å². The fraction of sp³-hybridized carbons (Fsp3) is 0.278. The van der Waals surface area contributed by atoms with Crippen molar-refractivity contribution < 1.29 is 22.8 Å². The van der Waals surface area contributed by atoms with E-state index < -0.39 is 31.9 Å². The Labute approximate surface area is 165 Å². The SMILES string of the molecule is CC(CCn1cc(F)c(-c2ccc3cn[nH]c3c2)cc1=O)(C(=O)NO)S(C)(=O)=O. The van der Waals surface area contributed by atoms with Crippen molar-refractivity contribution in [2.24, 2.45) is 0 Å². The van der Waals surface area contributed by atoms with E-state index in [2.05, 4.69) is 10.2 Å². The number of hydroxylamine groups is 1. The van der Waals surface area contributed by atoms with E-state index >= 15 is 0 Å². The molecule has 1 aromatic carbocycles. The highest BCUT2D eigenvalue weighted by Gasteiger charge is 2.43. The number of halogens is 1. The number of pyridine rings is 1. The number of amides is 1. The van der Waals surface area contributed by atoms with Crippen LogP contribution in [0.1, 0.15) is 13.3 Å². The molecule has 0 spiro atoms. The molecule has 3 aromatic rings. The number of sulfone groups is 1. The summed E-state index contributed by atoms with van der Waals surface area (Å²) in [4.78, 5) is 24.3. The number of H-pyrrole nitrogens is 1. The first kappa shape index (κ1) is 20.7. The van der Waals surface area contributed by atoms with Crippen LogP contribution in [-0.4, -0.2) is 45.3 Å². The molecule has 0 bridgehead atoms. The van der Waals surface area contributed by atoms with Crippen LogP contribution in [0.15, 0.2) is 41.5 Å². The molecule has 9 nitrogen and oxygen atoms in total. The van der Waals surface area contributed by atoms with Crippen LogP contribution in [0.3, 0.4) is 0 Å². The van der Waals surface area contributed by atoms with Gasteiger partial charge in [0.25, 0.3) is 11.5 Å². The lowest BCUT2D eigenvalue weighted by Crippen LogP contribution is -2.50. The summed E-state index contributed by atoms with van der Waals surface area (Å²) in [6.07, 6.45) is 3.10. The molecule has 0 saturated carbocycles. The molecule has 2 heterocycles. The number of rotatable bonds is 6. The van der Waals surface area contributed by atoms with E-state index in [0.29, 0.717) is 11.1 Å². The molecule has 0 radical (unpaired) electrons. The normalized spacial score (nSPS) is 13.9. The molecule has 3 N–H and O–H groups in total. The van der Waals surface area contributed by atoms with Gasteiger partial charge in [-0.25, -0.2) is 18.3 Å². The number of benzene rings is 1. The second-order valence-electron chi connectivity index (χ2n) is 6.93. The molecule has 0 aliphatic rings. The topological polar surface area (TPSA) is 134 Å². The summed E-state index contributed by atoms with van der Waals surface area (Å²) in [5, 5.41) is 16.4. The molecular weight excluding hydrogens is 403 g/mol. The molecule has 11 heteroatoms. The molecule has 2 aromatic heterocycles. The van der Waals surface area contributed by atoms with E-state index in [1.54, 1.807) is 24.4 Å². The van der Waals surface area contributed by atoms with Crippen molar-refractivity contribution in [3.63, 3.8) is 0 Å². The molecular formula is C18H19FN4O5S. The number of hydrogen-bond donors (Lipinski definition) is 3. The van der Waals surface area contributed by atoms with Crippen LogP contribution in [0.4, 0.5) is 4.39 Å². The second kappa shape index (κ2) is 7.41. The second-order valence-corrected chi connectivity index (χ2v) is 9.38. The number of carbonyl (C=O) groups excluding carboxylic acids is 1. The number of nitrogens with zero attached hydrogens (tertiary/aromatic N) is 2. The smallest absolute Gasteiger partial charge is 0.264 e. The highest BCUT2D eigenvalue weighted by atomic mass is 32.2. The Morgan fingerprint density at radius 2 is 2.10 bits per heavy atom. The van der Waals surface area contributed by atoms with Gasteiger partial charge in [-0.05, 0) is 25.0 Å². The first-order valence-corrected chi connectivity index (χ1v) is 10.4. The maximum atomic E-state index is 14.7. The number of hydrogen-bond acceptors (Lipinski definition) is 6. The van der Waals surface area contributed by atoms with Crippen LogP contribution in [0.5, 0.6) is 0 Å². The van der Waals surface area contributed by atoms with Crippen molar-refractivity contribution in [2.75, 3.05) is 6.26 Å². The average Bonchev–Trinajstić information content (AvgIpc) is 3.14. The van der Waals surface area contributed by atoms with E-state index in [1.807, 2.05) is 0 Å². The zero-order valence-electron chi connectivity index (χ0n) is 15.6. The minimum absolute atomic E-state index is 0.0849. The van der Waals surface area contributed by atoms with Gasteiger partial charge in [0.15, 0.2) is 14.6 Å². The molecule has 0 saturated heterocycles. The fourth-order valence-electron chi connectivity index (χ4n) is 2.97. The predicted molar refractivity (Wildman–Crippen MR) is 104 cm³/mol. The monoisotopic (exact) mass is 422 g/mol. The Morgan fingerprint density at radius 3 is 2.76 bits per heavy atom. The summed E-state index contributed by atoms with van der Waals surface area (Å²) in [6, 6.07) is 6.17. The Kier molecular flexibility index (Phi) is 5.28. The zero-order chi connectivity index (χ0) is 21.4. The standard InChI is InChI=1S/C18H19FN4O5S/c1-18(17(25)22-26,29(2,27)28)5-6-23-10-14(19)13(8-16(23)24)11-3-4-12-9-20-21-15(12)7-11/h3-4,7-10,26H,5-6H2,1-2H3,(H,20,21)(H,22,25). The molecule has 154 valence electrons. The Morgan fingerprint density at radius 1 is 1.38 bits per heavy atom. The van der Waals surface area contributed by atoms with Crippen molar-refractivity contribution in [3.8, 4) is 11.1 Å². The Hall–Kier alpha value is -3.05. The number of carbonyl (C=O) groups is 1. The maximum absolute atomic E-state index is 14.7. The number of aryl methyl sites for hydroxylation is 1. The van der Waals surface area contributed by atoms with Gasteiger partial charge < -0.3 is 4.57 Å². The van der Waals surface area contributed by atoms with E-state index in [-0.39, 0.29) is 18.5 Å². The van der Waals surface area contributed by atoms with Crippen LogP contribution in [0.2, 0.25) is 0 Å². The molecule has 1 unspecified atom stereocenters. The van der Waals surface area contributed by atoms with Crippen molar-refractivity contribution in [3.05, 3.63) is 52.8 Å². The van der Waals surface area contributed by atoms with Crippen molar-refractivity contribution in [2.45, 2.75) is 24.6 Å². The van der Waals surface area contributed by atoms with Gasteiger partial charge in [-0.2, -0.15) is 5.10 Å². The third-order valence-corrected chi connectivity index (χ3v) is 7.09. The van der Waals surface area contributed by atoms with Gasteiger partial charge in [0.1, 0.15) is 5.82 Å². The predicted octanol–water partition coefficient (Wildman–Crippen LogP) is 1.23. The highest BCUT2D eigenvalue weighted by Crippen LogP contribution is 2.25. The van der Waals surface area contributed by atoms with Crippen LogP contribution in [0.25, 0.3) is 22.0 Å². The van der Waals surface area contributed by atoms with Crippen molar-refractivity contribution in [1.29, 1.82) is 0 Å². The quantitative estimate of drug-likeness (QED) is 0.404. The van der Waals surface area contributed by atoms with Gasteiger partial charge in [0.2, 0.25) is 0 Å². The van der Waals surface area contributed by atoms with E-state index in [9.17, 15) is 22.4 Å². The van der Waals surface area contributed by atoms with Gasteiger partial charge in [-0.1, -0.05) is 12.1 Å². The van der Waals surface area contributed by atoms with E-state index in [1.165, 1.54) is 5.48 Å². The summed E-state index contributed by atoms with van der Waals surface area (Å²) in [6.45, 7) is 0.885. The summed E-state index contributed by atoms with van der Waals surface area (Å²) in [5.41, 5.74) is 2.01. The minimum Gasteiger partial charge on any atom is -0.312 e. The number of fused-ring (bicyclic) bond motifs is 1. The molecule has 3 rings (SSSR count). The lowest BCUT2D eigenvalue weighted by Gasteiger charge is -2.25. The summed E-state index contributed by atoms with van der Waals surface area (Å²) >= 11 is 0. The summed E-state index contributed by atoms with van der Waals surface area (Å²) in [7, 11) is -3.93. The van der Waals surface area contributed by atoms with Gasteiger partial charge >= 0.3 is 0 Å². The molecule has 0 fully saturated rings. The minimum atomic E-state index is -3.93. The zero-order valence-corrected chi connectivity index (χ0v) is 16.5. The van der Waals surface area contributed by atoms with Gasteiger partial charge in [0, 0.05) is 36.0 Å². The van der Waals surface area contributed by atoms with Crippen LogP contribution >= 0.6 is 0 Å². The number of aromatic nitrogens is 3. The fourth-order valence-corrected chi connectivity index (χ4v) is 3.81. The molecule has 1 atom stereocenters. The maximum Gasteiger partial charge on any atom is 0.264 e. The van der Waals surface area contributed by atoms with E-state index in [4.69, 9.17) is 5.21 Å². The van der Waals surface area contributed by atoms with Gasteiger partial charge in [0.05, 0.1) is 11.7 Å². The lowest BCUT2D eigenvalue weighted by atomic mass is 10.0. The first-order chi connectivity index (χ1) is 13.6. The van der Waals surface area contributed by atoms with Crippen molar-refractivity contribution in [1.82, 2.24) is 20.2 Å². The molecule has 0 aliphatic heterocycles. The van der Waals surface area contributed by atoms with Crippen LogP contribution in [-0.2, 0) is 21.2 Å². The summed E-state index contributed by atoms with van der Waals surface area (Å²) in [5.74, 6) is -1.81.